The van der Waals surface area contributed by atoms with Crippen molar-refractivity contribution in [3.8, 4) is 16.9 Å². The summed E-state index contributed by atoms with van der Waals surface area (Å²) in [7, 11) is 1.64. The Morgan fingerprint density at radius 2 is 1.67 bits per heavy atom. The second-order valence-electron chi connectivity index (χ2n) is 9.60. The molecule has 3 aromatic carbocycles. The lowest BCUT2D eigenvalue weighted by atomic mass is 9.98. The van der Waals surface area contributed by atoms with Gasteiger partial charge in [0, 0.05) is 49.0 Å². The number of hydrogen-bond acceptors (Lipinski definition) is 6. The van der Waals surface area contributed by atoms with Crippen LogP contribution < -0.4 is 10.1 Å². The quantitative estimate of drug-likeness (QED) is 0.367. The first-order valence-electron chi connectivity index (χ1n) is 12.8. The Balaban J connectivity index is 0.00000353. The third-order valence-electron chi connectivity index (χ3n) is 7.22. The Bertz CT molecular complexity index is 1270. The average Bonchev–Trinajstić information content (AvgIpc) is 3.26. The van der Waals surface area contributed by atoms with E-state index in [0.29, 0.717) is 0 Å². The number of ether oxygens (including phenoxy) is 2. The molecule has 1 saturated heterocycles. The second-order valence-corrected chi connectivity index (χ2v) is 10.8. The van der Waals surface area contributed by atoms with Gasteiger partial charge in [-0.25, -0.2) is 9.59 Å². The van der Waals surface area contributed by atoms with Gasteiger partial charge in [-0.1, -0.05) is 60.7 Å². The number of carbonyl (C=O) groups is 2. The van der Waals surface area contributed by atoms with Crippen LogP contribution in [0.5, 0.6) is 5.75 Å². The Kier molecular flexibility index (Phi) is 9.78. The molecule has 0 spiro atoms. The predicted molar refractivity (Wildman–Crippen MR) is 156 cm³/mol. The molecule has 1 aliphatic carbocycles. The van der Waals surface area contributed by atoms with Crippen molar-refractivity contribution in [3.63, 3.8) is 0 Å². The molecule has 1 unspecified atom stereocenters. The van der Waals surface area contributed by atoms with E-state index in [1.54, 1.807) is 7.11 Å². The van der Waals surface area contributed by atoms with Gasteiger partial charge in [-0.2, -0.15) is 11.8 Å². The van der Waals surface area contributed by atoms with Crippen LogP contribution in [0.25, 0.3) is 11.1 Å². The number of carboxylic acid groups (broad SMARTS) is 1. The van der Waals surface area contributed by atoms with Gasteiger partial charge in [0.05, 0.1) is 7.11 Å². The van der Waals surface area contributed by atoms with E-state index in [4.69, 9.17) is 9.47 Å². The lowest BCUT2D eigenvalue weighted by Crippen LogP contribution is -2.43. The van der Waals surface area contributed by atoms with Crippen LogP contribution in [0.3, 0.4) is 0 Å². The van der Waals surface area contributed by atoms with E-state index < -0.39 is 18.1 Å². The normalized spacial score (nSPS) is 15.4. The van der Waals surface area contributed by atoms with E-state index >= 15 is 0 Å². The molecule has 3 aromatic rings. The maximum absolute atomic E-state index is 12.7. The number of amides is 1. The minimum absolute atomic E-state index is 0. The smallest absolute Gasteiger partial charge is 0.407 e. The van der Waals surface area contributed by atoms with E-state index in [1.807, 2.05) is 66.4 Å². The maximum atomic E-state index is 12.7. The lowest BCUT2D eigenvalue weighted by Gasteiger charge is -2.27. The molecule has 39 heavy (non-hydrogen) atoms. The van der Waals surface area contributed by atoms with Crippen molar-refractivity contribution in [1.29, 1.82) is 0 Å². The SMILES string of the molecule is COc1ccc(CC(NC(=O)OCC2c3ccccc3-c3ccccc32)C(=O)O)cc1CN1CCSCC1.Cl. The van der Waals surface area contributed by atoms with Crippen LogP contribution >= 0.6 is 24.2 Å². The third kappa shape index (κ3) is 6.69. The first kappa shape index (κ1) is 28.8. The molecule has 1 atom stereocenters. The van der Waals surface area contributed by atoms with Gasteiger partial charge in [-0.15, -0.1) is 12.4 Å². The molecule has 1 fully saturated rings. The van der Waals surface area contributed by atoms with Crippen molar-refractivity contribution in [2.24, 2.45) is 0 Å². The number of rotatable bonds is 9. The van der Waals surface area contributed by atoms with Crippen molar-refractivity contribution in [2.45, 2.75) is 24.9 Å². The fourth-order valence-corrected chi connectivity index (χ4v) is 6.28. The highest BCUT2D eigenvalue weighted by molar-refractivity contribution is 7.99. The second kappa shape index (κ2) is 13.2. The first-order valence-corrected chi connectivity index (χ1v) is 14.0. The van der Waals surface area contributed by atoms with Gasteiger partial charge < -0.3 is 19.9 Å². The number of fused-ring (bicyclic) bond motifs is 3. The fourth-order valence-electron chi connectivity index (χ4n) is 5.30. The number of thioether (sulfide) groups is 1. The van der Waals surface area contributed by atoms with Gasteiger partial charge in [0.1, 0.15) is 18.4 Å². The third-order valence-corrected chi connectivity index (χ3v) is 8.16. The minimum atomic E-state index is -1.11. The molecule has 7 nitrogen and oxygen atoms in total. The Morgan fingerprint density at radius 1 is 1.03 bits per heavy atom. The Morgan fingerprint density at radius 3 is 2.28 bits per heavy atom. The van der Waals surface area contributed by atoms with E-state index in [1.165, 1.54) is 0 Å². The van der Waals surface area contributed by atoms with Crippen LogP contribution in [-0.2, 0) is 22.5 Å². The van der Waals surface area contributed by atoms with Crippen LogP contribution in [-0.4, -0.2) is 66.4 Å². The first-order chi connectivity index (χ1) is 18.5. The van der Waals surface area contributed by atoms with E-state index in [-0.39, 0.29) is 31.4 Å². The highest BCUT2D eigenvalue weighted by Crippen LogP contribution is 2.44. The summed E-state index contributed by atoms with van der Waals surface area (Å²) in [5.41, 5.74) is 6.32. The number of benzene rings is 3. The van der Waals surface area contributed by atoms with Crippen molar-refractivity contribution < 1.29 is 24.2 Å². The zero-order chi connectivity index (χ0) is 26.5. The lowest BCUT2D eigenvalue weighted by molar-refractivity contribution is -0.139. The summed E-state index contributed by atoms with van der Waals surface area (Å²) in [6.07, 6.45) is -0.592. The summed E-state index contributed by atoms with van der Waals surface area (Å²) in [5, 5.41) is 12.4. The van der Waals surface area contributed by atoms with Gasteiger partial charge in [-0.3, -0.25) is 4.90 Å². The molecule has 2 aliphatic rings. The molecule has 0 bridgehead atoms. The summed E-state index contributed by atoms with van der Waals surface area (Å²) in [4.78, 5) is 27.2. The molecule has 1 heterocycles. The summed E-state index contributed by atoms with van der Waals surface area (Å²) in [6.45, 7) is 2.90. The number of aliphatic carboxylic acids is 1. The van der Waals surface area contributed by atoms with Crippen molar-refractivity contribution in [3.05, 3.63) is 89.0 Å². The molecule has 1 amide bonds. The highest BCUT2D eigenvalue weighted by atomic mass is 35.5. The van der Waals surface area contributed by atoms with Gasteiger partial charge in [0.25, 0.3) is 0 Å². The Labute approximate surface area is 239 Å². The number of carbonyl (C=O) groups excluding carboxylic acids is 1. The number of nitrogens with zero attached hydrogens (tertiary/aromatic N) is 1. The number of carboxylic acids is 1. The van der Waals surface area contributed by atoms with Gasteiger partial charge in [0.15, 0.2) is 0 Å². The number of methoxy groups -OCH3 is 1. The van der Waals surface area contributed by atoms with Crippen LogP contribution in [0.1, 0.15) is 28.2 Å². The summed E-state index contributed by atoms with van der Waals surface area (Å²) in [5.74, 6) is 1.79. The van der Waals surface area contributed by atoms with E-state index in [9.17, 15) is 14.7 Å². The molecule has 2 N–H and O–H groups in total. The van der Waals surface area contributed by atoms with E-state index in [2.05, 4.69) is 22.3 Å². The molecule has 5 rings (SSSR count). The molecule has 9 heteroatoms. The predicted octanol–water partition coefficient (Wildman–Crippen LogP) is 5.20. The standard InChI is InChI=1S/C30H32N2O5S.ClH/c1-36-28-11-10-20(16-21(28)18-32-12-14-38-15-13-32)17-27(29(33)34)31-30(35)37-19-26-24-8-4-2-6-22(24)23-7-3-5-9-25(23)26;/h2-11,16,26-27H,12-15,17-19H2,1H3,(H,31,35)(H,33,34);1H. The number of hydrogen-bond donors (Lipinski definition) is 2. The molecule has 0 saturated carbocycles. The largest absolute Gasteiger partial charge is 0.496 e. The maximum Gasteiger partial charge on any atom is 0.407 e. The molecular weight excluding hydrogens is 536 g/mol. The minimum Gasteiger partial charge on any atom is -0.496 e. The van der Waals surface area contributed by atoms with Crippen LogP contribution in [0.2, 0.25) is 0 Å². The van der Waals surface area contributed by atoms with Crippen molar-refractivity contribution in [1.82, 2.24) is 10.2 Å². The number of halogens is 1. The highest BCUT2D eigenvalue weighted by Gasteiger charge is 2.30. The van der Waals surface area contributed by atoms with Crippen molar-refractivity contribution >= 4 is 36.2 Å². The summed E-state index contributed by atoms with van der Waals surface area (Å²) < 4.78 is 11.1. The van der Waals surface area contributed by atoms with Crippen LogP contribution in [0.15, 0.2) is 66.7 Å². The van der Waals surface area contributed by atoms with Crippen LogP contribution in [0.4, 0.5) is 4.79 Å². The number of alkyl carbamates (subject to hydrolysis) is 1. The summed E-state index contributed by atoms with van der Waals surface area (Å²) in [6, 6.07) is 20.8. The van der Waals surface area contributed by atoms with Gasteiger partial charge in [-0.05, 0) is 33.9 Å². The average molecular weight is 569 g/mol. The molecule has 1 aliphatic heterocycles. The zero-order valence-corrected chi connectivity index (χ0v) is 23.4. The molecule has 0 aromatic heterocycles. The monoisotopic (exact) mass is 568 g/mol. The summed E-state index contributed by atoms with van der Waals surface area (Å²) >= 11 is 1.95. The zero-order valence-electron chi connectivity index (χ0n) is 21.8. The molecule has 0 radical (unpaired) electrons. The van der Waals surface area contributed by atoms with Gasteiger partial charge in [0.2, 0.25) is 0 Å². The number of nitrogens with one attached hydrogen (secondary N) is 1. The Hall–Kier alpha value is -3.20. The molecule has 206 valence electrons. The topological polar surface area (TPSA) is 88.1 Å². The van der Waals surface area contributed by atoms with E-state index in [0.717, 1.165) is 70.3 Å². The van der Waals surface area contributed by atoms with Crippen molar-refractivity contribution in [2.75, 3.05) is 38.3 Å². The molecular formula is C30H33ClN2O5S. The fraction of sp³-hybridized carbons (Fsp3) is 0.333. The van der Waals surface area contributed by atoms with Gasteiger partial charge >= 0.3 is 12.1 Å². The van der Waals surface area contributed by atoms with Crippen LogP contribution in [0, 0.1) is 0 Å².